The molecule has 2 amide bonds. The molecule has 0 bridgehead atoms. The molecule has 2 aromatic rings. The molecule has 5 nitrogen and oxygen atoms in total. The van der Waals surface area contributed by atoms with E-state index in [1.165, 1.54) is 0 Å². The molecule has 0 saturated heterocycles. The van der Waals surface area contributed by atoms with Crippen molar-refractivity contribution in [3.05, 3.63) is 67.6 Å². The predicted octanol–water partition coefficient (Wildman–Crippen LogP) is 4.77. The molecule has 2 rings (SSSR count). The van der Waals surface area contributed by atoms with Crippen molar-refractivity contribution in [3.8, 4) is 0 Å². The van der Waals surface area contributed by atoms with Crippen LogP contribution in [0.4, 0.5) is 0 Å². The van der Waals surface area contributed by atoms with E-state index in [1.807, 2.05) is 19.1 Å². The van der Waals surface area contributed by atoms with Crippen molar-refractivity contribution >= 4 is 61.0 Å². The van der Waals surface area contributed by atoms with Crippen molar-refractivity contribution < 1.29 is 9.59 Å². The Morgan fingerprint density at radius 3 is 2.04 bits per heavy atom. The molecule has 3 N–H and O–H groups in total. The van der Waals surface area contributed by atoms with Crippen LogP contribution in [-0.2, 0) is 5.41 Å². The first-order valence-corrected chi connectivity index (χ1v) is 10.5. The van der Waals surface area contributed by atoms with E-state index >= 15 is 0 Å². The van der Waals surface area contributed by atoms with Crippen molar-refractivity contribution in [2.24, 2.45) is 0 Å². The Kier molecular flexibility index (Phi) is 7.36. The van der Waals surface area contributed by atoms with Gasteiger partial charge in [-0.15, -0.1) is 0 Å². The molecular weight excluding hydrogens is 506 g/mol. The summed E-state index contributed by atoms with van der Waals surface area (Å²) in [5.41, 5.74) is 8.00. The number of halogens is 2. The van der Waals surface area contributed by atoms with Crippen molar-refractivity contribution in [2.75, 3.05) is 0 Å². The van der Waals surface area contributed by atoms with Crippen LogP contribution in [0.15, 0.2) is 45.3 Å². The van der Waals surface area contributed by atoms with Gasteiger partial charge in [-0.3, -0.25) is 25.8 Å². The first-order chi connectivity index (χ1) is 13.0. The summed E-state index contributed by atoms with van der Waals surface area (Å²) in [6.07, 6.45) is 0. The molecule has 0 heterocycles. The first-order valence-electron chi connectivity index (χ1n) is 8.47. The number of hydrogen-bond acceptors (Lipinski definition) is 3. The van der Waals surface area contributed by atoms with Crippen LogP contribution in [0.25, 0.3) is 0 Å². The van der Waals surface area contributed by atoms with Gasteiger partial charge in [0.25, 0.3) is 11.8 Å². The van der Waals surface area contributed by atoms with E-state index < -0.39 is 0 Å². The van der Waals surface area contributed by atoms with Gasteiger partial charge in [-0.25, -0.2) is 0 Å². The minimum atomic E-state index is -0.369. The number of thiocarbonyl (C=S) groups is 1. The molecule has 28 heavy (non-hydrogen) atoms. The maximum absolute atomic E-state index is 12.4. The number of nitrogens with one attached hydrogen (secondary N) is 3. The van der Waals surface area contributed by atoms with Crippen LogP contribution >= 0.6 is 44.1 Å². The van der Waals surface area contributed by atoms with Crippen molar-refractivity contribution in [2.45, 2.75) is 33.1 Å². The number of carbonyl (C=O) groups excluding carboxylic acids is 2. The summed E-state index contributed by atoms with van der Waals surface area (Å²) in [5.74, 6) is -0.736. The highest BCUT2D eigenvalue weighted by molar-refractivity contribution is 9.10. The predicted molar refractivity (Wildman–Crippen MR) is 122 cm³/mol. The molecule has 0 fully saturated rings. The van der Waals surface area contributed by atoms with E-state index in [0.717, 1.165) is 20.1 Å². The van der Waals surface area contributed by atoms with Crippen LogP contribution < -0.4 is 16.2 Å². The Balaban J connectivity index is 1.95. The molecule has 0 aromatic heterocycles. The molecule has 0 aliphatic heterocycles. The maximum Gasteiger partial charge on any atom is 0.269 e. The van der Waals surface area contributed by atoms with E-state index in [-0.39, 0.29) is 22.3 Å². The molecule has 0 spiro atoms. The maximum atomic E-state index is 12.4. The van der Waals surface area contributed by atoms with Gasteiger partial charge in [0.1, 0.15) is 0 Å². The van der Waals surface area contributed by atoms with Crippen LogP contribution in [-0.4, -0.2) is 16.9 Å². The van der Waals surface area contributed by atoms with E-state index in [2.05, 4.69) is 68.8 Å². The monoisotopic (exact) mass is 525 g/mol. The normalized spacial score (nSPS) is 10.9. The lowest BCUT2D eigenvalue weighted by atomic mass is 9.86. The van der Waals surface area contributed by atoms with E-state index in [0.29, 0.717) is 11.1 Å². The third kappa shape index (κ3) is 5.86. The van der Waals surface area contributed by atoms with Crippen LogP contribution in [0.3, 0.4) is 0 Å². The summed E-state index contributed by atoms with van der Waals surface area (Å²) >= 11 is 12.0. The Morgan fingerprint density at radius 2 is 1.46 bits per heavy atom. The lowest BCUT2D eigenvalue weighted by Crippen LogP contribution is -2.48. The zero-order chi connectivity index (χ0) is 21.1. The number of aryl methyl sites for hydroxylation is 1. The van der Waals surface area contributed by atoms with E-state index in [4.69, 9.17) is 12.2 Å². The van der Waals surface area contributed by atoms with Gasteiger partial charge in [0.2, 0.25) is 0 Å². The molecule has 0 radical (unpaired) electrons. The summed E-state index contributed by atoms with van der Waals surface area (Å²) in [6.45, 7) is 8.23. The summed E-state index contributed by atoms with van der Waals surface area (Å²) in [7, 11) is 0. The highest BCUT2D eigenvalue weighted by atomic mass is 79.9. The van der Waals surface area contributed by atoms with Gasteiger partial charge < -0.3 is 0 Å². The minimum Gasteiger partial charge on any atom is -0.298 e. The third-order valence-corrected chi connectivity index (χ3v) is 5.70. The summed E-state index contributed by atoms with van der Waals surface area (Å²) in [5, 5.41) is 2.55. The highest BCUT2D eigenvalue weighted by Gasteiger charge is 2.18. The third-order valence-electron chi connectivity index (χ3n) is 3.99. The van der Waals surface area contributed by atoms with Gasteiger partial charge in [-0.1, -0.05) is 64.8 Å². The van der Waals surface area contributed by atoms with E-state index in [1.54, 1.807) is 24.3 Å². The fourth-order valence-electron chi connectivity index (χ4n) is 2.39. The minimum absolute atomic E-state index is 0.000507. The molecule has 0 aliphatic rings. The standard InChI is InChI=1S/C20H21Br2N3O2S/c1-11-5-6-13(9-15(11)21)18(27)24-25-19(28)23-17(26)12-7-8-14(16(22)10-12)20(2,3)4/h5-10H,1-4H3,(H,24,27)(H2,23,25,26,28). The molecule has 2 aromatic carbocycles. The average molecular weight is 527 g/mol. The molecular formula is C20H21Br2N3O2S. The molecule has 8 heteroatoms. The summed E-state index contributed by atoms with van der Waals surface area (Å²) in [4.78, 5) is 24.6. The average Bonchev–Trinajstić information content (AvgIpc) is 2.60. The summed E-state index contributed by atoms with van der Waals surface area (Å²) < 4.78 is 1.69. The molecule has 0 unspecified atom stereocenters. The van der Waals surface area contributed by atoms with Crippen LogP contribution in [0.1, 0.15) is 52.6 Å². The molecule has 0 saturated carbocycles. The fraction of sp³-hybridized carbons (Fsp3) is 0.250. The Morgan fingerprint density at radius 1 is 0.893 bits per heavy atom. The van der Waals surface area contributed by atoms with Gasteiger partial charge in [0.15, 0.2) is 5.11 Å². The van der Waals surface area contributed by atoms with Gasteiger partial charge in [0, 0.05) is 20.1 Å². The number of rotatable bonds is 2. The quantitative estimate of drug-likeness (QED) is 0.389. The second-order valence-corrected chi connectivity index (χ2v) is 9.39. The first kappa shape index (κ1) is 22.5. The van der Waals surface area contributed by atoms with Crippen molar-refractivity contribution in [1.29, 1.82) is 0 Å². The topological polar surface area (TPSA) is 70.2 Å². The lowest BCUT2D eigenvalue weighted by molar-refractivity contribution is 0.0934. The van der Waals surface area contributed by atoms with Crippen LogP contribution in [0.5, 0.6) is 0 Å². The Hall–Kier alpha value is -1.77. The number of benzene rings is 2. The molecule has 0 aliphatic carbocycles. The Labute approximate surface area is 186 Å². The van der Waals surface area contributed by atoms with Gasteiger partial charge in [-0.05, 0) is 59.9 Å². The number of hydrazine groups is 1. The fourth-order valence-corrected chi connectivity index (χ4v) is 3.89. The second kappa shape index (κ2) is 9.15. The summed E-state index contributed by atoms with van der Waals surface area (Å²) in [6, 6.07) is 10.6. The van der Waals surface area contributed by atoms with Gasteiger partial charge in [-0.2, -0.15) is 0 Å². The smallest absolute Gasteiger partial charge is 0.269 e. The van der Waals surface area contributed by atoms with Gasteiger partial charge >= 0.3 is 0 Å². The number of amides is 2. The van der Waals surface area contributed by atoms with Crippen LogP contribution in [0, 0.1) is 6.92 Å². The number of hydrogen-bond donors (Lipinski definition) is 3. The van der Waals surface area contributed by atoms with Crippen molar-refractivity contribution in [1.82, 2.24) is 16.2 Å². The van der Waals surface area contributed by atoms with Crippen molar-refractivity contribution in [3.63, 3.8) is 0 Å². The second-order valence-electron chi connectivity index (χ2n) is 7.27. The highest BCUT2D eigenvalue weighted by Crippen LogP contribution is 2.30. The zero-order valence-electron chi connectivity index (χ0n) is 15.9. The van der Waals surface area contributed by atoms with E-state index in [9.17, 15) is 9.59 Å². The van der Waals surface area contributed by atoms with Gasteiger partial charge in [0.05, 0.1) is 0 Å². The lowest BCUT2D eigenvalue weighted by Gasteiger charge is -2.21. The SMILES string of the molecule is Cc1ccc(C(=O)NNC(=S)NC(=O)c2ccc(C(C)(C)C)c(Br)c2)cc1Br. The molecule has 148 valence electrons. The van der Waals surface area contributed by atoms with Crippen LogP contribution in [0.2, 0.25) is 0 Å². The number of carbonyl (C=O) groups is 2. The largest absolute Gasteiger partial charge is 0.298 e. The zero-order valence-corrected chi connectivity index (χ0v) is 19.9. The molecule has 0 atom stereocenters. The Bertz CT molecular complexity index is 940.